The van der Waals surface area contributed by atoms with Gasteiger partial charge in [0.15, 0.2) is 0 Å². The van der Waals surface area contributed by atoms with Crippen LogP contribution in [0.5, 0.6) is 0 Å². The van der Waals surface area contributed by atoms with Crippen molar-refractivity contribution < 1.29 is 4.79 Å². The van der Waals surface area contributed by atoms with Crippen LogP contribution >= 0.6 is 11.3 Å². The van der Waals surface area contributed by atoms with Crippen LogP contribution in [-0.2, 0) is 0 Å². The largest absolute Gasteiger partial charge is 0.351 e. The van der Waals surface area contributed by atoms with Crippen molar-refractivity contribution in [2.75, 3.05) is 26.2 Å². The number of pyridine rings is 1. The molecular weight excluding hydrogens is 282 g/mol. The van der Waals surface area contributed by atoms with Crippen LogP contribution in [0.1, 0.15) is 24.2 Å². The minimum Gasteiger partial charge on any atom is -0.351 e. The van der Waals surface area contributed by atoms with Gasteiger partial charge in [-0.15, -0.1) is 11.3 Å². The van der Waals surface area contributed by atoms with E-state index in [1.54, 1.807) is 23.6 Å². The van der Waals surface area contributed by atoms with Gasteiger partial charge in [0.05, 0.1) is 10.6 Å². The van der Waals surface area contributed by atoms with Crippen LogP contribution in [0.15, 0.2) is 35.8 Å². The lowest BCUT2D eigenvalue weighted by molar-refractivity contribution is 0.0949. The Kier molecular flexibility index (Phi) is 5.90. The average molecular weight is 303 g/mol. The normalized spacial score (nSPS) is 10.8. The van der Waals surface area contributed by atoms with E-state index in [4.69, 9.17) is 0 Å². The molecule has 5 heteroatoms. The number of nitrogens with zero attached hydrogens (tertiary/aromatic N) is 2. The van der Waals surface area contributed by atoms with Crippen LogP contribution in [0.25, 0.3) is 10.6 Å². The van der Waals surface area contributed by atoms with Crippen molar-refractivity contribution in [3.63, 3.8) is 0 Å². The quantitative estimate of drug-likeness (QED) is 0.855. The van der Waals surface area contributed by atoms with Crippen molar-refractivity contribution in [1.29, 1.82) is 0 Å². The molecule has 2 aromatic rings. The summed E-state index contributed by atoms with van der Waals surface area (Å²) in [6.07, 6.45) is 1.69. The van der Waals surface area contributed by atoms with E-state index in [1.807, 2.05) is 23.6 Å². The second kappa shape index (κ2) is 7.90. The summed E-state index contributed by atoms with van der Waals surface area (Å²) >= 11 is 1.62. The average Bonchev–Trinajstić information content (AvgIpc) is 3.06. The van der Waals surface area contributed by atoms with Gasteiger partial charge in [0, 0.05) is 24.8 Å². The highest BCUT2D eigenvalue weighted by Gasteiger charge is 2.08. The van der Waals surface area contributed by atoms with E-state index in [9.17, 15) is 4.79 Å². The monoisotopic (exact) mass is 303 g/mol. The Morgan fingerprint density at radius 3 is 2.81 bits per heavy atom. The van der Waals surface area contributed by atoms with E-state index in [1.165, 1.54) is 0 Å². The molecule has 2 aromatic heterocycles. The highest BCUT2D eigenvalue weighted by atomic mass is 32.1. The molecule has 0 aliphatic heterocycles. The zero-order chi connectivity index (χ0) is 15.1. The van der Waals surface area contributed by atoms with Crippen LogP contribution in [0.3, 0.4) is 0 Å². The van der Waals surface area contributed by atoms with Crippen LogP contribution in [0.4, 0.5) is 0 Å². The van der Waals surface area contributed by atoms with Gasteiger partial charge in [-0.05, 0) is 36.7 Å². The fourth-order valence-corrected chi connectivity index (χ4v) is 2.79. The molecule has 0 aliphatic rings. The minimum absolute atomic E-state index is 0.0395. The first-order valence-electron chi connectivity index (χ1n) is 7.25. The molecule has 1 amide bonds. The lowest BCUT2D eigenvalue weighted by Gasteiger charge is -2.17. The standard InChI is InChI=1S/C16H21N3OS/c1-3-19(4-2)10-9-18-16(20)13-7-8-17-14(12-13)15-6-5-11-21-15/h5-8,11-12H,3-4,9-10H2,1-2H3,(H,18,20). The van der Waals surface area contributed by atoms with Gasteiger partial charge in [0.1, 0.15) is 0 Å². The molecule has 0 radical (unpaired) electrons. The zero-order valence-corrected chi connectivity index (χ0v) is 13.3. The van der Waals surface area contributed by atoms with E-state index >= 15 is 0 Å². The molecule has 0 saturated carbocycles. The van der Waals surface area contributed by atoms with Gasteiger partial charge in [-0.25, -0.2) is 0 Å². The van der Waals surface area contributed by atoms with Crippen LogP contribution in [0.2, 0.25) is 0 Å². The maximum absolute atomic E-state index is 12.2. The van der Waals surface area contributed by atoms with Gasteiger partial charge in [-0.1, -0.05) is 19.9 Å². The predicted octanol–water partition coefficient (Wildman–Crippen LogP) is 2.88. The number of amides is 1. The van der Waals surface area contributed by atoms with Crippen molar-refractivity contribution in [3.05, 3.63) is 41.4 Å². The first kappa shape index (κ1) is 15.7. The molecule has 0 bridgehead atoms. The summed E-state index contributed by atoms with van der Waals surface area (Å²) in [6.45, 7) is 7.80. The van der Waals surface area contributed by atoms with Gasteiger partial charge < -0.3 is 10.2 Å². The molecule has 4 nitrogen and oxygen atoms in total. The molecule has 112 valence electrons. The lowest BCUT2D eigenvalue weighted by atomic mass is 10.2. The predicted molar refractivity (Wildman–Crippen MR) is 87.7 cm³/mol. The SMILES string of the molecule is CCN(CC)CCNC(=O)c1ccnc(-c2cccs2)c1. The first-order chi connectivity index (χ1) is 10.2. The van der Waals surface area contributed by atoms with Gasteiger partial charge in [-0.3, -0.25) is 9.78 Å². The Balaban J connectivity index is 1.95. The molecule has 0 saturated heterocycles. The lowest BCUT2D eigenvalue weighted by Crippen LogP contribution is -2.34. The number of thiophene rings is 1. The highest BCUT2D eigenvalue weighted by Crippen LogP contribution is 2.22. The van der Waals surface area contributed by atoms with E-state index in [-0.39, 0.29) is 5.91 Å². The third kappa shape index (κ3) is 4.37. The number of aromatic nitrogens is 1. The number of rotatable bonds is 7. The summed E-state index contributed by atoms with van der Waals surface area (Å²) in [4.78, 5) is 19.9. The third-order valence-corrected chi connectivity index (χ3v) is 4.30. The fraction of sp³-hybridized carbons (Fsp3) is 0.375. The van der Waals surface area contributed by atoms with Gasteiger partial charge >= 0.3 is 0 Å². The molecule has 0 fully saturated rings. The summed E-state index contributed by atoms with van der Waals surface area (Å²) < 4.78 is 0. The number of carbonyl (C=O) groups is 1. The Hall–Kier alpha value is -1.72. The van der Waals surface area contributed by atoms with E-state index in [0.29, 0.717) is 12.1 Å². The molecule has 0 aromatic carbocycles. The van der Waals surface area contributed by atoms with E-state index in [0.717, 1.165) is 30.2 Å². The van der Waals surface area contributed by atoms with Crippen molar-refractivity contribution >= 4 is 17.2 Å². The summed E-state index contributed by atoms with van der Waals surface area (Å²) in [6, 6.07) is 7.59. The molecule has 0 aliphatic carbocycles. The number of carbonyl (C=O) groups excluding carboxylic acids is 1. The Morgan fingerprint density at radius 2 is 2.14 bits per heavy atom. The van der Waals surface area contributed by atoms with E-state index < -0.39 is 0 Å². The molecule has 0 unspecified atom stereocenters. The molecule has 1 N–H and O–H groups in total. The van der Waals surface area contributed by atoms with Gasteiger partial charge in [0.2, 0.25) is 0 Å². The second-order valence-electron chi connectivity index (χ2n) is 4.69. The Labute approximate surface area is 129 Å². The molecule has 21 heavy (non-hydrogen) atoms. The number of hydrogen-bond donors (Lipinski definition) is 1. The zero-order valence-electron chi connectivity index (χ0n) is 12.5. The van der Waals surface area contributed by atoms with Crippen LogP contribution in [-0.4, -0.2) is 42.0 Å². The van der Waals surface area contributed by atoms with Crippen molar-refractivity contribution in [3.8, 4) is 10.6 Å². The third-order valence-electron chi connectivity index (χ3n) is 3.40. The number of hydrogen-bond acceptors (Lipinski definition) is 4. The molecule has 0 atom stereocenters. The van der Waals surface area contributed by atoms with Crippen LogP contribution < -0.4 is 5.32 Å². The molecular formula is C16H21N3OS. The topological polar surface area (TPSA) is 45.2 Å². The van der Waals surface area contributed by atoms with Crippen molar-refractivity contribution in [2.45, 2.75) is 13.8 Å². The molecule has 2 rings (SSSR count). The van der Waals surface area contributed by atoms with E-state index in [2.05, 4.69) is 29.0 Å². The summed E-state index contributed by atoms with van der Waals surface area (Å²) in [7, 11) is 0. The second-order valence-corrected chi connectivity index (χ2v) is 5.64. The van der Waals surface area contributed by atoms with Gasteiger partial charge in [0.25, 0.3) is 5.91 Å². The molecule has 2 heterocycles. The summed E-state index contributed by atoms with van der Waals surface area (Å²) in [5.41, 5.74) is 1.51. The number of nitrogens with one attached hydrogen (secondary N) is 1. The number of likely N-dealkylation sites (N-methyl/N-ethyl adjacent to an activating group) is 1. The molecule has 0 spiro atoms. The summed E-state index contributed by atoms with van der Waals surface area (Å²) in [5.74, 6) is -0.0395. The fourth-order valence-electron chi connectivity index (χ4n) is 2.10. The maximum atomic E-state index is 12.2. The maximum Gasteiger partial charge on any atom is 0.251 e. The highest BCUT2D eigenvalue weighted by molar-refractivity contribution is 7.13. The minimum atomic E-state index is -0.0395. The Bertz CT molecular complexity index is 565. The van der Waals surface area contributed by atoms with Crippen molar-refractivity contribution in [2.24, 2.45) is 0 Å². The Morgan fingerprint density at radius 1 is 1.33 bits per heavy atom. The summed E-state index contributed by atoms with van der Waals surface area (Å²) in [5, 5.41) is 4.97. The van der Waals surface area contributed by atoms with Crippen LogP contribution in [0, 0.1) is 0 Å². The van der Waals surface area contributed by atoms with Gasteiger partial charge in [-0.2, -0.15) is 0 Å². The first-order valence-corrected chi connectivity index (χ1v) is 8.13. The smallest absolute Gasteiger partial charge is 0.251 e. The van der Waals surface area contributed by atoms with Crippen molar-refractivity contribution in [1.82, 2.24) is 15.2 Å².